The Morgan fingerprint density at radius 2 is 1.72 bits per heavy atom. The first-order valence-electron chi connectivity index (χ1n) is 8.40. The highest BCUT2D eigenvalue weighted by molar-refractivity contribution is 6.06. The topological polar surface area (TPSA) is 74.7 Å². The number of fused-ring (bicyclic) bond motifs is 1. The fraction of sp³-hybridized carbons (Fsp3) is 0.421. The molecule has 0 aliphatic heterocycles. The van der Waals surface area contributed by atoms with Gasteiger partial charge in [0.1, 0.15) is 11.4 Å². The van der Waals surface area contributed by atoms with Crippen molar-refractivity contribution in [3.63, 3.8) is 0 Å². The molecule has 25 heavy (non-hydrogen) atoms. The van der Waals surface area contributed by atoms with Crippen LogP contribution in [0.4, 0.5) is 0 Å². The van der Waals surface area contributed by atoms with Crippen molar-refractivity contribution in [1.82, 2.24) is 4.98 Å². The van der Waals surface area contributed by atoms with E-state index in [0.29, 0.717) is 16.7 Å². The highest BCUT2D eigenvalue weighted by Gasteiger charge is 2.19. The molecule has 1 heterocycles. The first-order valence-corrected chi connectivity index (χ1v) is 8.40. The maximum atomic E-state index is 12.1. The predicted octanol–water partition coefficient (Wildman–Crippen LogP) is 3.52. The quantitative estimate of drug-likeness (QED) is 0.791. The minimum Gasteiger partial charge on any atom is -0.490 e. The second-order valence-electron chi connectivity index (χ2n) is 6.10. The summed E-state index contributed by atoms with van der Waals surface area (Å²) in [6, 6.07) is 6.73. The number of benzene rings is 1. The van der Waals surface area contributed by atoms with Gasteiger partial charge in [-0.15, -0.1) is 0 Å². The van der Waals surface area contributed by atoms with Crippen molar-refractivity contribution in [2.24, 2.45) is 0 Å². The minimum absolute atomic E-state index is 0.0661. The van der Waals surface area contributed by atoms with Crippen LogP contribution in [0.5, 0.6) is 5.75 Å². The molecule has 1 aliphatic rings. The lowest BCUT2D eigenvalue weighted by Crippen LogP contribution is -2.19. The van der Waals surface area contributed by atoms with Crippen molar-refractivity contribution in [3.8, 4) is 5.75 Å². The highest BCUT2D eigenvalue weighted by Crippen LogP contribution is 2.28. The highest BCUT2D eigenvalue weighted by atomic mass is 16.5. The van der Waals surface area contributed by atoms with Gasteiger partial charge < -0.3 is 14.2 Å². The summed E-state index contributed by atoms with van der Waals surface area (Å²) in [5, 5.41) is 0.591. The van der Waals surface area contributed by atoms with Crippen LogP contribution >= 0.6 is 0 Å². The van der Waals surface area contributed by atoms with Gasteiger partial charge in [-0.1, -0.05) is 6.42 Å². The molecule has 3 rings (SSSR count). The van der Waals surface area contributed by atoms with E-state index < -0.39 is 11.9 Å². The van der Waals surface area contributed by atoms with E-state index in [4.69, 9.17) is 14.2 Å². The molecule has 6 heteroatoms. The Balaban J connectivity index is 2.01. The number of pyridine rings is 1. The molecule has 1 aromatic carbocycles. The molecule has 0 saturated heterocycles. The average molecular weight is 343 g/mol. The number of ether oxygens (including phenoxy) is 3. The van der Waals surface area contributed by atoms with E-state index in [2.05, 4.69) is 4.98 Å². The summed E-state index contributed by atoms with van der Waals surface area (Å²) in [5.74, 6) is -0.445. The van der Waals surface area contributed by atoms with E-state index in [1.165, 1.54) is 39.5 Å². The normalized spacial score (nSPS) is 15.0. The third kappa shape index (κ3) is 3.73. The standard InChI is InChI=1S/C19H21NO5/c1-23-18(21)15-11-17(19(22)24-2)20-16-9-8-13(10-14(15)16)25-12-6-4-3-5-7-12/h8-12H,3-7H2,1-2H3. The molecule has 0 unspecified atom stereocenters. The molecule has 1 fully saturated rings. The van der Waals surface area contributed by atoms with Crippen LogP contribution in [0.25, 0.3) is 10.9 Å². The second-order valence-corrected chi connectivity index (χ2v) is 6.10. The van der Waals surface area contributed by atoms with Gasteiger partial charge in [-0.3, -0.25) is 0 Å². The molecule has 0 radical (unpaired) electrons. The zero-order valence-electron chi connectivity index (χ0n) is 14.4. The third-order valence-electron chi connectivity index (χ3n) is 4.43. The van der Waals surface area contributed by atoms with Gasteiger partial charge in [-0.2, -0.15) is 0 Å². The van der Waals surface area contributed by atoms with Gasteiger partial charge >= 0.3 is 11.9 Å². The van der Waals surface area contributed by atoms with Crippen molar-refractivity contribution in [1.29, 1.82) is 0 Å². The van der Waals surface area contributed by atoms with Crippen molar-refractivity contribution < 1.29 is 23.8 Å². The lowest BCUT2D eigenvalue weighted by molar-refractivity contribution is 0.0594. The number of esters is 2. The van der Waals surface area contributed by atoms with E-state index in [1.54, 1.807) is 12.1 Å². The van der Waals surface area contributed by atoms with Crippen LogP contribution < -0.4 is 4.74 Å². The Hall–Kier alpha value is -2.63. The average Bonchev–Trinajstić information content (AvgIpc) is 2.66. The predicted molar refractivity (Wildman–Crippen MR) is 91.9 cm³/mol. The first-order chi connectivity index (χ1) is 12.1. The summed E-state index contributed by atoms with van der Waals surface area (Å²) < 4.78 is 15.6. The molecule has 132 valence electrons. The zero-order valence-corrected chi connectivity index (χ0v) is 14.4. The molecule has 0 spiro atoms. The summed E-state index contributed by atoms with van der Waals surface area (Å²) in [6.07, 6.45) is 5.90. The number of aromatic nitrogens is 1. The lowest BCUT2D eigenvalue weighted by atomic mass is 9.98. The number of methoxy groups -OCH3 is 2. The second kappa shape index (κ2) is 7.51. The minimum atomic E-state index is -0.602. The largest absolute Gasteiger partial charge is 0.490 e. The van der Waals surface area contributed by atoms with Crippen molar-refractivity contribution >= 4 is 22.8 Å². The Morgan fingerprint density at radius 3 is 2.40 bits per heavy atom. The van der Waals surface area contributed by atoms with Crippen LogP contribution in [0.2, 0.25) is 0 Å². The van der Waals surface area contributed by atoms with Crippen LogP contribution in [0.15, 0.2) is 24.3 Å². The van der Waals surface area contributed by atoms with Crippen LogP contribution in [-0.2, 0) is 9.47 Å². The van der Waals surface area contributed by atoms with Gasteiger partial charge in [0, 0.05) is 5.39 Å². The van der Waals surface area contributed by atoms with Crippen molar-refractivity contribution in [2.45, 2.75) is 38.2 Å². The Kier molecular flexibility index (Phi) is 5.16. The summed E-state index contributed by atoms with van der Waals surface area (Å²) >= 11 is 0. The monoisotopic (exact) mass is 343 g/mol. The summed E-state index contributed by atoms with van der Waals surface area (Å²) in [6.45, 7) is 0. The van der Waals surface area contributed by atoms with Gasteiger partial charge in [0.05, 0.1) is 31.4 Å². The smallest absolute Gasteiger partial charge is 0.356 e. The molecule has 0 bridgehead atoms. The van der Waals surface area contributed by atoms with Crippen molar-refractivity contribution in [3.05, 3.63) is 35.5 Å². The fourth-order valence-electron chi connectivity index (χ4n) is 3.14. The van der Waals surface area contributed by atoms with Gasteiger partial charge in [0.25, 0.3) is 0 Å². The van der Waals surface area contributed by atoms with Crippen LogP contribution in [0.3, 0.4) is 0 Å². The number of carbonyl (C=O) groups excluding carboxylic acids is 2. The van der Waals surface area contributed by atoms with E-state index in [1.807, 2.05) is 6.07 Å². The zero-order chi connectivity index (χ0) is 17.8. The van der Waals surface area contributed by atoms with Gasteiger partial charge in [-0.25, -0.2) is 14.6 Å². The molecular weight excluding hydrogens is 322 g/mol. The third-order valence-corrected chi connectivity index (χ3v) is 4.43. The first kappa shape index (κ1) is 17.2. The molecule has 1 aromatic heterocycles. The van der Waals surface area contributed by atoms with E-state index in [0.717, 1.165) is 12.8 Å². The van der Waals surface area contributed by atoms with Gasteiger partial charge in [-0.05, 0) is 49.9 Å². The number of carbonyl (C=O) groups is 2. The summed E-state index contributed by atoms with van der Waals surface area (Å²) in [5.41, 5.74) is 0.845. The maximum Gasteiger partial charge on any atom is 0.356 e. The number of nitrogens with zero attached hydrogens (tertiary/aromatic N) is 1. The van der Waals surface area contributed by atoms with Gasteiger partial charge in [0.15, 0.2) is 0 Å². The molecule has 6 nitrogen and oxygen atoms in total. The van der Waals surface area contributed by atoms with E-state index in [9.17, 15) is 9.59 Å². The maximum absolute atomic E-state index is 12.1. The molecule has 2 aromatic rings. The number of hydrogen-bond acceptors (Lipinski definition) is 6. The Bertz CT molecular complexity index is 796. The van der Waals surface area contributed by atoms with Crippen molar-refractivity contribution in [2.75, 3.05) is 14.2 Å². The Morgan fingerprint density at radius 1 is 1.00 bits per heavy atom. The molecule has 1 aliphatic carbocycles. The van der Waals surface area contributed by atoms with E-state index >= 15 is 0 Å². The SMILES string of the molecule is COC(=O)c1cc(C(=O)OC)c2cc(OC3CCCCC3)ccc2n1. The molecule has 0 N–H and O–H groups in total. The fourth-order valence-corrected chi connectivity index (χ4v) is 3.14. The molecule has 0 atom stereocenters. The molecule has 0 amide bonds. The van der Waals surface area contributed by atoms with Crippen LogP contribution in [-0.4, -0.2) is 37.2 Å². The number of rotatable bonds is 4. The summed E-state index contributed by atoms with van der Waals surface area (Å²) in [4.78, 5) is 28.2. The van der Waals surface area contributed by atoms with Gasteiger partial charge in [0.2, 0.25) is 0 Å². The summed E-state index contributed by atoms with van der Waals surface area (Å²) in [7, 11) is 2.57. The molecule has 1 saturated carbocycles. The number of hydrogen-bond donors (Lipinski definition) is 0. The lowest BCUT2D eigenvalue weighted by Gasteiger charge is -2.23. The van der Waals surface area contributed by atoms with E-state index in [-0.39, 0.29) is 17.4 Å². The Labute approximate surface area is 146 Å². The van der Waals surface area contributed by atoms with Crippen LogP contribution in [0.1, 0.15) is 53.0 Å². The van der Waals surface area contributed by atoms with Crippen LogP contribution in [0, 0.1) is 0 Å². The molecular formula is C19H21NO5.